The number of hydrogen-bond acceptors (Lipinski definition) is 6. The van der Waals surface area contributed by atoms with E-state index in [0.29, 0.717) is 32.6 Å². The van der Waals surface area contributed by atoms with Crippen molar-refractivity contribution in [3.8, 4) is 0 Å². The van der Waals surface area contributed by atoms with Crippen molar-refractivity contribution < 1.29 is 13.2 Å². The van der Waals surface area contributed by atoms with E-state index in [1.54, 1.807) is 41.2 Å². The Labute approximate surface area is 163 Å². The minimum Gasteiger partial charge on any atom is -0.340 e. The van der Waals surface area contributed by atoms with Crippen molar-refractivity contribution in [2.24, 2.45) is 0 Å². The van der Waals surface area contributed by atoms with Gasteiger partial charge in [-0.1, -0.05) is 6.07 Å². The van der Waals surface area contributed by atoms with E-state index >= 15 is 0 Å². The van der Waals surface area contributed by atoms with Crippen LogP contribution in [0.2, 0.25) is 0 Å². The summed E-state index contributed by atoms with van der Waals surface area (Å²) in [6.07, 6.45) is 5.11. The largest absolute Gasteiger partial charge is 0.340 e. The summed E-state index contributed by atoms with van der Waals surface area (Å²) in [6, 6.07) is 8.95. The first kappa shape index (κ1) is 19.8. The molecule has 27 heavy (non-hydrogen) atoms. The van der Waals surface area contributed by atoms with E-state index in [0.717, 1.165) is 17.2 Å². The summed E-state index contributed by atoms with van der Waals surface area (Å²) in [5.41, 5.74) is 1.00. The lowest BCUT2D eigenvalue weighted by atomic mass is 10.3. The first-order chi connectivity index (χ1) is 13.1. The number of carbonyl (C=O) groups excluding carboxylic acids is 1. The third kappa shape index (κ3) is 5.27. The number of pyridine rings is 2. The SMILES string of the molecule is O=C(CCSCc1ccccn1)N1CCN(S(=O)(=O)c2cccnc2)CC1. The van der Waals surface area contributed by atoms with Gasteiger partial charge in [0, 0.05) is 62.7 Å². The molecule has 0 atom stereocenters. The summed E-state index contributed by atoms with van der Waals surface area (Å²) in [5, 5.41) is 0. The van der Waals surface area contributed by atoms with Crippen LogP contribution in [0.25, 0.3) is 0 Å². The molecule has 3 heterocycles. The summed E-state index contributed by atoms with van der Waals surface area (Å²) >= 11 is 1.68. The molecule has 9 heteroatoms. The van der Waals surface area contributed by atoms with Gasteiger partial charge in [-0.05, 0) is 24.3 Å². The number of thioether (sulfide) groups is 1. The average molecular weight is 407 g/mol. The maximum absolute atomic E-state index is 12.6. The van der Waals surface area contributed by atoms with Crippen molar-refractivity contribution in [3.05, 3.63) is 54.6 Å². The second-order valence-electron chi connectivity index (χ2n) is 6.10. The van der Waals surface area contributed by atoms with E-state index in [-0.39, 0.29) is 10.8 Å². The molecule has 0 aliphatic carbocycles. The van der Waals surface area contributed by atoms with Crippen LogP contribution < -0.4 is 0 Å². The molecule has 7 nitrogen and oxygen atoms in total. The fourth-order valence-corrected chi connectivity index (χ4v) is 5.03. The molecule has 1 aliphatic rings. The number of nitrogens with zero attached hydrogens (tertiary/aromatic N) is 4. The minimum atomic E-state index is -3.54. The lowest BCUT2D eigenvalue weighted by molar-refractivity contribution is -0.131. The van der Waals surface area contributed by atoms with Crippen LogP contribution >= 0.6 is 11.8 Å². The third-order valence-electron chi connectivity index (χ3n) is 4.30. The lowest BCUT2D eigenvalue weighted by Crippen LogP contribution is -2.50. The highest BCUT2D eigenvalue weighted by molar-refractivity contribution is 7.98. The molecule has 0 radical (unpaired) electrons. The average Bonchev–Trinajstić information content (AvgIpc) is 2.72. The van der Waals surface area contributed by atoms with Gasteiger partial charge in [-0.25, -0.2) is 8.42 Å². The number of sulfonamides is 1. The standard InChI is InChI=1S/C18H22N4O3S2/c23-18(6-13-26-15-16-4-1-2-8-20-16)21-9-11-22(12-10-21)27(24,25)17-5-3-7-19-14-17/h1-5,7-8,14H,6,9-13,15H2. The van der Waals surface area contributed by atoms with E-state index in [1.807, 2.05) is 18.2 Å². The molecule has 3 rings (SSSR count). The Bertz CT molecular complexity index is 839. The Morgan fingerprint density at radius 2 is 1.89 bits per heavy atom. The second-order valence-corrected chi connectivity index (χ2v) is 9.14. The lowest BCUT2D eigenvalue weighted by Gasteiger charge is -2.34. The van der Waals surface area contributed by atoms with Gasteiger partial charge in [-0.15, -0.1) is 0 Å². The quantitative estimate of drug-likeness (QED) is 0.650. The second kappa shape index (κ2) is 9.29. The van der Waals surface area contributed by atoms with Gasteiger partial charge < -0.3 is 4.90 Å². The molecule has 0 bridgehead atoms. The molecular weight excluding hydrogens is 384 g/mol. The highest BCUT2D eigenvalue weighted by Crippen LogP contribution is 2.17. The number of hydrogen-bond donors (Lipinski definition) is 0. The normalized spacial score (nSPS) is 15.6. The van der Waals surface area contributed by atoms with Crippen LogP contribution in [-0.4, -0.2) is 65.4 Å². The summed E-state index contributed by atoms with van der Waals surface area (Å²) in [6.45, 7) is 1.46. The summed E-state index contributed by atoms with van der Waals surface area (Å²) in [4.78, 5) is 22.4. The van der Waals surface area contributed by atoms with Crippen molar-refractivity contribution in [2.45, 2.75) is 17.1 Å². The van der Waals surface area contributed by atoms with Crippen LogP contribution in [0, 0.1) is 0 Å². The molecule has 0 unspecified atom stereocenters. The summed E-state index contributed by atoms with van der Waals surface area (Å²) in [7, 11) is -3.54. The maximum atomic E-state index is 12.6. The zero-order valence-corrected chi connectivity index (χ0v) is 16.5. The number of aromatic nitrogens is 2. The number of piperazine rings is 1. The van der Waals surface area contributed by atoms with Crippen LogP contribution in [0.5, 0.6) is 0 Å². The molecular formula is C18H22N4O3S2. The molecule has 0 aromatic carbocycles. The van der Waals surface area contributed by atoms with Crippen molar-refractivity contribution in [1.82, 2.24) is 19.2 Å². The van der Waals surface area contributed by atoms with E-state index in [2.05, 4.69) is 9.97 Å². The zero-order chi connectivity index (χ0) is 19.1. The molecule has 0 spiro atoms. The van der Waals surface area contributed by atoms with Crippen LogP contribution in [0.4, 0.5) is 0 Å². The number of carbonyl (C=O) groups is 1. The fourth-order valence-electron chi connectivity index (χ4n) is 2.80. The highest BCUT2D eigenvalue weighted by atomic mass is 32.2. The van der Waals surface area contributed by atoms with Gasteiger partial charge in [0.25, 0.3) is 0 Å². The van der Waals surface area contributed by atoms with Crippen molar-refractivity contribution >= 4 is 27.7 Å². The van der Waals surface area contributed by atoms with E-state index in [1.165, 1.54) is 10.5 Å². The van der Waals surface area contributed by atoms with Gasteiger partial charge in [0.15, 0.2) is 0 Å². The molecule has 144 valence electrons. The Morgan fingerprint density at radius 3 is 2.56 bits per heavy atom. The molecule has 1 amide bonds. The molecule has 2 aromatic rings. The topological polar surface area (TPSA) is 83.5 Å². The van der Waals surface area contributed by atoms with Crippen LogP contribution in [0.1, 0.15) is 12.1 Å². The zero-order valence-electron chi connectivity index (χ0n) is 14.9. The van der Waals surface area contributed by atoms with Crippen molar-refractivity contribution in [3.63, 3.8) is 0 Å². The van der Waals surface area contributed by atoms with Gasteiger partial charge >= 0.3 is 0 Å². The van der Waals surface area contributed by atoms with E-state index < -0.39 is 10.0 Å². The monoisotopic (exact) mass is 406 g/mol. The first-order valence-electron chi connectivity index (χ1n) is 8.73. The van der Waals surface area contributed by atoms with Gasteiger partial charge in [-0.2, -0.15) is 16.1 Å². The summed E-state index contributed by atoms with van der Waals surface area (Å²) in [5.74, 6) is 1.58. The predicted octanol–water partition coefficient (Wildman–Crippen LogP) is 1.63. The van der Waals surface area contributed by atoms with E-state index in [4.69, 9.17) is 0 Å². The molecule has 1 saturated heterocycles. The summed E-state index contributed by atoms with van der Waals surface area (Å²) < 4.78 is 26.6. The Balaban J connectivity index is 1.43. The van der Waals surface area contributed by atoms with Crippen molar-refractivity contribution in [1.29, 1.82) is 0 Å². The van der Waals surface area contributed by atoms with Gasteiger partial charge in [0.1, 0.15) is 4.90 Å². The van der Waals surface area contributed by atoms with Gasteiger partial charge in [0.2, 0.25) is 15.9 Å². The Kier molecular flexibility index (Phi) is 6.81. The molecule has 0 saturated carbocycles. The maximum Gasteiger partial charge on any atom is 0.244 e. The van der Waals surface area contributed by atoms with Crippen LogP contribution in [-0.2, 0) is 20.6 Å². The van der Waals surface area contributed by atoms with Crippen molar-refractivity contribution in [2.75, 3.05) is 31.9 Å². The fraction of sp³-hybridized carbons (Fsp3) is 0.389. The number of amides is 1. The predicted molar refractivity (Wildman–Crippen MR) is 105 cm³/mol. The Hall–Kier alpha value is -1.97. The molecule has 2 aromatic heterocycles. The van der Waals surface area contributed by atoms with Gasteiger partial charge in [-0.3, -0.25) is 14.8 Å². The van der Waals surface area contributed by atoms with Crippen LogP contribution in [0.3, 0.4) is 0 Å². The third-order valence-corrected chi connectivity index (χ3v) is 7.17. The molecule has 1 aliphatic heterocycles. The minimum absolute atomic E-state index is 0.0712. The Morgan fingerprint density at radius 1 is 1.07 bits per heavy atom. The smallest absolute Gasteiger partial charge is 0.244 e. The highest BCUT2D eigenvalue weighted by Gasteiger charge is 2.29. The number of rotatable bonds is 7. The van der Waals surface area contributed by atoms with Crippen LogP contribution in [0.15, 0.2) is 53.8 Å². The molecule has 1 fully saturated rings. The molecule has 0 N–H and O–H groups in total. The van der Waals surface area contributed by atoms with Gasteiger partial charge in [0.05, 0.1) is 5.69 Å². The van der Waals surface area contributed by atoms with E-state index in [9.17, 15) is 13.2 Å². The first-order valence-corrected chi connectivity index (χ1v) is 11.3.